The number of amides is 1. The Kier molecular flexibility index (Phi) is 2.59. The van der Waals surface area contributed by atoms with Crippen LogP contribution in [-0.4, -0.2) is 32.8 Å². The highest BCUT2D eigenvalue weighted by Crippen LogP contribution is 2.49. The Labute approximate surface area is 111 Å². The van der Waals surface area contributed by atoms with Crippen LogP contribution in [-0.2, 0) is 4.74 Å². The van der Waals surface area contributed by atoms with Gasteiger partial charge >= 0.3 is 6.09 Å². The van der Waals surface area contributed by atoms with Crippen molar-refractivity contribution in [3.05, 3.63) is 17.5 Å². The maximum absolute atomic E-state index is 14.4. The van der Waals surface area contributed by atoms with Crippen molar-refractivity contribution in [2.45, 2.75) is 57.5 Å². The molecule has 0 aromatic carbocycles. The maximum atomic E-state index is 14.4. The number of halogens is 1. The Morgan fingerprint density at radius 3 is 2.95 bits per heavy atom. The number of hydrogen-bond donors (Lipinski definition) is 1. The Hall–Kier alpha value is -1.59. The van der Waals surface area contributed by atoms with Gasteiger partial charge in [-0.1, -0.05) is 0 Å². The number of alkyl halides is 1. The average molecular weight is 267 g/mol. The number of ether oxygens (including phenoxy) is 1. The molecule has 1 amide bonds. The summed E-state index contributed by atoms with van der Waals surface area (Å²) in [4.78, 5) is 13.8. The quantitative estimate of drug-likeness (QED) is 0.786. The van der Waals surface area contributed by atoms with E-state index in [1.165, 1.54) is 0 Å². The molecule has 6 heteroatoms. The van der Waals surface area contributed by atoms with Crippen molar-refractivity contribution in [1.29, 1.82) is 0 Å². The third kappa shape index (κ3) is 1.89. The molecule has 0 spiro atoms. The van der Waals surface area contributed by atoms with E-state index in [0.717, 1.165) is 12.0 Å². The minimum absolute atomic E-state index is 0.111. The normalized spacial score (nSPS) is 29.3. The third-order valence-corrected chi connectivity index (χ3v) is 3.71. The summed E-state index contributed by atoms with van der Waals surface area (Å²) in [6, 6.07) is -0.548. The molecule has 2 aliphatic rings. The Morgan fingerprint density at radius 2 is 2.26 bits per heavy atom. The van der Waals surface area contributed by atoms with Crippen LogP contribution in [0.4, 0.5) is 9.18 Å². The summed E-state index contributed by atoms with van der Waals surface area (Å²) in [7, 11) is 0. The van der Waals surface area contributed by atoms with Crippen LogP contribution in [0.1, 0.15) is 57.1 Å². The predicted molar refractivity (Wildman–Crippen MR) is 66.3 cm³/mol. The van der Waals surface area contributed by atoms with E-state index in [0.29, 0.717) is 12.1 Å². The van der Waals surface area contributed by atoms with E-state index in [1.54, 1.807) is 11.1 Å². The molecule has 1 aromatic rings. The van der Waals surface area contributed by atoms with Crippen molar-refractivity contribution in [1.82, 2.24) is 15.1 Å². The fourth-order valence-electron chi connectivity index (χ4n) is 2.99. The molecule has 2 bridgehead atoms. The molecule has 1 N–H and O–H groups in total. The van der Waals surface area contributed by atoms with Crippen molar-refractivity contribution in [3.63, 3.8) is 0 Å². The lowest BCUT2D eigenvalue weighted by Crippen LogP contribution is -2.45. The van der Waals surface area contributed by atoms with Gasteiger partial charge in [0.25, 0.3) is 0 Å². The lowest BCUT2D eigenvalue weighted by Gasteiger charge is -2.37. The summed E-state index contributed by atoms with van der Waals surface area (Å²) in [5.74, 6) is 0. The first-order valence-corrected chi connectivity index (χ1v) is 6.57. The molecule has 19 heavy (non-hydrogen) atoms. The van der Waals surface area contributed by atoms with Gasteiger partial charge in [0, 0.05) is 5.56 Å². The molecule has 3 atom stereocenters. The van der Waals surface area contributed by atoms with E-state index < -0.39 is 23.9 Å². The SMILES string of the molecule is CC(C)(C)OC(=O)N1[C@@H]2CC[C@H]1[C@H](F)c1[nH]ncc12. The van der Waals surface area contributed by atoms with Crippen LogP contribution in [0.25, 0.3) is 0 Å². The van der Waals surface area contributed by atoms with Gasteiger partial charge in [-0.15, -0.1) is 0 Å². The van der Waals surface area contributed by atoms with Crippen molar-refractivity contribution in [2.24, 2.45) is 0 Å². The number of fused-ring (bicyclic) bond motifs is 4. The molecule has 1 fully saturated rings. The van der Waals surface area contributed by atoms with Crippen LogP contribution in [0.15, 0.2) is 6.20 Å². The molecule has 3 heterocycles. The molecule has 1 saturated heterocycles. The first-order chi connectivity index (χ1) is 8.88. The summed E-state index contributed by atoms with van der Waals surface area (Å²) in [6.07, 6.45) is 1.40. The van der Waals surface area contributed by atoms with Crippen molar-refractivity contribution < 1.29 is 13.9 Å². The fraction of sp³-hybridized carbons (Fsp3) is 0.692. The maximum Gasteiger partial charge on any atom is 0.411 e. The molecule has 0 aliphatic carbocycles. The first kappa shape index (κ1) is 12.4. The minimum Gasteiger partial charge on any atom is -0.444 e. The number of nitrogens with zero attached hydrogens (tertiary/aromatic N) is 2. The van der Waals surface area contributed by atoms with E-state index in [4.69, 9.17) is 4.74 Å². The molecule has 104 valence electrons. The van der Waals surface area contributed by atoms with Gasteiger partial charge in [-0.2, -0.15) is 5.10 Å². The van der Waals surface area contributed by atoms with Gasteiger partial charge in [0.05, 0.1) is 24.0 Å². The lowest BCUT2D eigenvalue weighted by molar-refractivity contribution is 0.00107. The monoisotopic (exact) mass is 267 g/mol. The van der Waals surface area contributed by atoms with Crippen LogP contribution in [0.2, 0.25) is 0 Å². The van der Waals surface area contributed by atoms with Gasteiger partial charge in [0.15, 0.2) is 6.17 Å². The molecule has 0 unspecified atom stereocenters. The van der Waals surface area contributed by atoms with Crippen LogP contribution >= 0.6 is 0 Å². The second-order valence-corrected chi connectivity index (χ2v) is 6.19. The van der Waals surface area contributed by atoms with Crippen molar-refractivity contribution in [2.75, 3.05) is 0 Å². The number of carbonyl (C=O) groups excluding carboxylic acids is 1. The smallest absolute Gasteiger partial charge is 0.411 e. The van der Waals surface area contributed by atoms with E-state index >= 15 is 0 Å². The molecule has 0 radical (unpaired) electrons. The van der Waals surface area contributed by atoms with Gasteiger partial charge in [-0.05, 0) is 33.6 Å². The highest BCUT2D eigenvalue weighted by atomic mass is 19.1. The van der Waals surface area contributed by atoms with E-state index in [2.05, 4.69) is 10.2 Å². The third-order valence-electron chi connectivity index (χ3n) is 3.71. The highest BCUT2D eigenvalue weighted by Gasteiger charge is 2.50. The average Bonchev–Trinajstić information content (AvgIpc) is 2.89. The number of hydrogen-bond acceptors (Lipinski definition) is 3. The zero-order valence-electron chi connectivity index (χ0n) is 11.3. The Balaban J connectivity index is 1.91. The van der Waals surface area contributed by atoms with Gasteiger partial charge in [-0.3, -0.25) is 10.00 Å². The van der Waals surface area contributed by atoms with E-state index in [-0.39, 0.29) is 6.04 Å². The molecular weight excluding hydrogens is 249 g/mol. The summed E-state index contributed by atoms with van der Waals surface area (Å²) < 4.78 is 19.8. The van der Waals surface area contributed by atoms with Gasteiger partial charge in [-0.25, -0.2) is 9.18 Å². The van der Waals surface area contributed by atoms with Gasteiger partial charge in [0.2, 0.25) is 0 Å². The second kappa shape index (κ2) is 3.95. The van der Waals surface area contributed by atoms with E-state index in [1.807, 2.05) is 20.8 Å². The number of carbonyl (C=O) groups is 1. The summed E-state index contributed by atoms with van der Waals surface area (Å²) >= 11 is 0. The summed E-state index contributed by atoms with van der Waals surface area (Å²) in [6.45, 7) is 5.44. The standard InChI is InChI=1S/C13H18FN3O2/c1-13(2,3)19-12(18)17-8-4-5-9(17)10(14)11-7(8)6-15-16-11/h6,8-10H,4-5H2,1-3H3,(H,15,16)/t8-,9+,10+/m1/s1. The number of rotatable bonds is 0. The molecule has 5 nitrogen and oxygen atoms in total. The highest BCUT2D eigenvalue weighted by molar-refractivity contribution is 5.70. The number of aromatic nitrogens is 2. The molecule has 0 saturated carbocycles. The molecular formula is C13H18FN3O2. The molecule has 2 aliphatic heterocycles. The summed E-state index contributed by atoms with van der Waals surface area (Å²) in [5, 5.41) is 6.61. The zero-order chi connectivity index (χ0) is 13.8. The van der Waals surface area contributed by atoms with Crippen molar-refractivity contribution in [3.8, 4) is 0 Å². The predicted octanol–water partition coefficient (Wildman–Crippen LogP) is 2.87. The number of aromatic amines is 1. The minimum atomic E-state index is -1.20. The Morgan fingerprint density at radius 1 is 1.53 bits per heavy atom. The molecule has 1 aromatic heterocycles. The van der Waals surface area contributed by atoms with Crippen molar-refractivity contribution >= 4 is 6.09 Å². The largest absolute Gasteiger partial charge is 0.444 e. The Bertz CT molecular complexity index is 508. The molecule has 3 rings (SSSR count). The van der Waals surface area contributed by atoms with Crippen LogP contribution in [0, 0.1) is 0 Å². The topological polar surface area (TPSA) is 58.2 Å². The van der Waals surface area contributed by atoms with Crippen LogP contribution < -0.4 is 0 Å². The van der Waals surface area contributed by atoms with E-state index in [9.17, 15) is 9.18 Å². The second-order valence-electron chi connectivity index (χ2n) is 6.19. The summed E-state index contributed by atoms with van der Waals surface area (Å²) in [5.41, 5.74) is 0.735. The fourth-order valence-corrected chi connectivity index (χ4v) is 2.99. The number of nitrogens with one attached hydrogen (secondary N) is 1. The number of H-pyrrole nitrogens is 1. The van der Waals surface area contributed by atoms with Gasteiger partial charge in [0.1, 0.15) is 5.60 Å². The first-order valence-electron chi connectivity index (χ1n) is 6.57. The van der Waals surface area contributed by atoms with Crippen LogP contribution in [0.3, 0.4) is 0 Å². The van der Waals surface area contributed by atoms with Gasteiger partial charge < -0.3 is 4.74 Å². The van der Waals surface area contributed by atoms with Crippen LogP contribution in [0.5, 0.6) is 0 Å². The zero-order valence-corrected chi connectivity index (χ0v) is 11.3. The lowest BCUT2D eigenvalue weighted by atomic mass is 9.99.